The van der Waals surface area contributed by atoms with Gasteiger partial charge in [0.2, 0.25) is 0 Å². The lowest BCUT2D eigenvalue weighted by atomic mass is 9.75. The van der Waals surface area contributed by atoms with E-state index in [0.717, 1.165) is 5.75 Å². The Bertz CT molecular complexity index is 470. The van der Waals surface area contributed by atoms with Crippen LogP contribution in [-0.2, 0) is 5.41 Å². The second-order valence-electron chi connectivity index (χ2n) is 4.51. The first-order valence-electron chi connectivity index (χ1n) is 5.34. The first-order valence-corrected chi connectivity index (χ1v) is 5.34. The number of hydrogen-bond acceptors (Lipinski definition) is 1. The predicted octanol–water partition coefficient (Wildman–Crippen LogP) is 3.14. The Morgan fingerprint density at radius 2 is 2.13 bits per heavy atom. The molecule has 2 unspecified atom stereocenters. The van der Waals surface area contributed by atoms with Crippen LogP contribution in [0.15, 0.2) is 42.5 Å². The summed E-state index contributed by atoms with van der Waals surface area (Å²) in [6, 6.07) is 6.28. The van der Waals surface area contributed by atoms with Crippen LogP contribution in [0.25, 0.3) is 0 Å². The molecule has 1 heteroatoms. The molecule has 2 aliphatic rings. The van der Waals surface area contributed by atoms with Crippen molar-refractivity contribution in [2.75, 3.05) is 0 Å². The summed E-state index contributed by atoms with van der Waals surface area (Å²) in [6.45, 7) is 4.40. The minimum absolute atomic E-state index is 0.0232. The number of ether oxygens (including phenoxy) is 1. The molecule has 76 valence electrons. The van der Waals surface area contributed by atoms with Gasteiger partial charge in [-0.2, -0.15) is 0 Å². The summed E-state index contributed by atoms with van der Waals surface area (Å²) in [5, 5.41) is 0. The van der Waals surface area contributed by atoms with Crippen LogP contribution in [0.5, 0.6) is 5.75 Å². The van der Waals surface area contributed by atoms with Gasteiger partial charge in [0, 0.05) is 5.56 Å². The van der Waals surface area contributed by atoms with Crippen LogP contribution < -0.4 is 4.74 Å². The quantitative estimate of drug-likeness (QED) is 0.622. The molecule has 0 bridgehead atoms. The third kappa shape index (κ3) is 1.03. The summed E-state index contributed by atoms with van der Waals surface area (Å²) in [6.07, 6.45) is 8.73. The average molecular weight is 198 g/mol. The summed E-state index contributed by atoms with van der Waals surface area (Å²) in [4.78, 5) is 0. The molecule has 0 spiro atoms. The van der Waals surface area contributed by atoms with E-state index in [1.54, 1.807) is 0 Å². The van der Waals surface area contributed by atoms with Crippen LogP contribution in [0.1, 0.15) is 18.1 Å². The third-order valence-corrected chi connectivity index (χ3v) is 3.46. The minimum atomic E-state index is 0.0232. The molecule has 0 aromatic heterocycles. The van der Waals surface area contributed by atoms with Crippen molar-refractivity contribution in [3.8, 4) is 5.75 Å². The Morgan fingerprint density at radius 3 is 3.00 bits per heavy atom. The molecular weight excluding hydrogens is 184 g/mol. The molecule has 0 fully saturated rings. The molecule has 1 aromatic rings. The van der Waals surface area contributed by atoms with Crippen LogP contribution in [0.3, 0.4) is 0 Å². The summed E-state index contributed by atoms with van der Waals surface area (Å²) in [7, 11) is 0. The van der Waals surface area contributed by atoms with Gasteiger partial charge in [-0.25, -0.2) is 0 Å². The lowest BCUT2D eigenvalue weighted by Crippen LogP contribution is -2.33. The van der Waals surface area contributed by atoms with Crippen LogP contribution in [-0.4, -0.2) is 6.10 Å². The number of aryl methyl sites for hydroxylation is 1. The van der Waals surface area contributed by atoms with E-state index in [1.807, 2.05) is 0 Å². The Morgan fingerprint density at radius 1 is 1.27 bits per heavy atom. The van der Waals surface area contributed by atoms with Crippen molar-refractivity contribution in [1.29, 1.82) is 0 Å². The zero-order valence-electron chi connectivity index (χ0n) is 9.03. The predicted molar refractivity (Wildman–Crippen MR) is 61.2 cm³/mol. The first kappa shape index (κ1) is 8.78. The molecule has 0 N–H and O–H groups in total. The molecule has 1 nitrogen and oxygen atoms in total. The molecule has 1 heterocycles. The second kappa shape index (κ2) is 2.75. The van der Waals surface area contributed by atoms with E-state index in [0.29, 0.717) is 0 Å². The normalized spacial score (nSPS) is 30.9. The highest BCUT2D eigenvalue weighted by molar-refractivity contribution is 5.54. The molecule has 1 aliphatic heterocycles. The van der Waals surface area contributed by atoms with Crippen molar-refractivity contribution >= 4 is 0 Å². The number of hydrogen-bond donors (Lipinski definition) is 0. The molecule has 1 aliphatic carbocycles. The monoisotopic (exact) mass is 198 g/mol. The Kier molecular flexibility index (Phi) is 1.61. The number of allylic oxidation sites excluding steroid dienone is 2. The highest BCUT2D eigenvalue weighted by Crippen LogP contribution is 2.47. The van der Waals surface area contributed by atoms with Crippen LogP contribution in [0, 0.1) is 6.92 Å². The zero-order chi connectivity index (χ0) is 10.5. The lowest BCUT2D eigenvalue weighted by molar-refractivity contribution is 0.228. The van der Waals surface area contributed by atoms with Crippen molar-refractivity contribution in [3.63, 3.8) is 0 Å². The average Bonchev–Trinajstić information content (AvgIpc) is 2.51. The van der Waals surface area contributed by atoms with Crippen LogP contribution in [0.2, 0.25) is 0 Å². The van der Waals surface area contributed by atoms with E-state index in [2.05, 4.69) is 56.4 Å². The maximum atomic E-state index is 5.96. The van der Waals surface area contributed by atoms with Crippen molar-refractivity contribution in [1.82, 2.24) is 0 Å². The number of fused-ring (bicyclic) bond motifs is 3. The molecule has 1 aromatic carbocycles. The van der Waals surface area contributed by atoms with Gasteiger partial charge in [0.25, 0.3) is 0 Å². The fourth-order valence-corrected chi connectivity index (χ4v) is 2.67. The lowest BCUT2D eigenvalue weighted by Gasteiger charge is -2.27. The Balaban J connectivity index is 2.25. The van der Waals surface area contributed by atoms with Gasteiger partial charge in [-0.3, -0.25) is 0 Å². The highest BCUT2D eigenvalue weighted by atomic mass is 16.5. The standard InChI is InChI=1S/C14H14O/c1-10-6-5-7-11-13(10)14(2)9-4-3-8-12(14)15-11/h3-9,12H,1-2H3. The summed E-state index contributed by atoms with van der Waals surface area (Å²) >= 11 is 0. The van der Waals surface area contributed by atoms with Gasteiger partial charge in [0.1, 0.15) is 11.9 Å². The van der Waals surface area contributed by atoms with E-state index in [-0.39, 0.29) is 11.5 Å². The Hall–Kier alpha value is -1.50. The second-order valence-corrected chi connectivity index (χ2v) is 4.51. The van der Waals surface area contributed by atoms with E-state index in [1.165, 1.54) is 11.1 Å². The molecule has 2 atom stereocenters. The largest absolute Gasteiger partial charge is 0.485 e. The molecule has 0 amide bonds. The fourth-order valence-electron chi connectivity index (χ4n) is 2.67. The number of rotatable bonds is 0. The zero-order valence-corrected chi connectivity index (χ0v) is 9.03. The van der Waals surface area contributed by atoms with Gasteiger partial charge < -0.3 is 4.74 Å². The SMILES string of the molecule is Cc1cccc2c1C1(C)C=CC=CC1O2. The molecular formula is C14H14O. The van der Waals surface area contributed by atoms with Gasteiger partial charge in [0.05, 0.1) is 5.41 Å². The van der Waals surface area contributed by atoms with Crippen LogP contribution >= 0.6 is 0 Å². The van der Waals surface area contributed by atoms with Gasteiger partial charge in [-0.1, -0.05) is 30.4 Å². The van der Waals surface area contributed by atoms with E-state index in [4.69, 9.17) is 4.74 Å². The molecule has 0 saturated carbocycles. The van der Waals surface area contributed by atoms with Crippen LogP contribution in [0.4, 0.5) is 0 Å². The highest BCUT2D eigenvalue weighted by Gasteiger charge is 2.43. The van der Waals surface area contributed by atoms with Gasteiger partial charge >= 0.3 is 0 Å². The van der Waals surface area contributed by atoms with Crippen molar-refractivity contribution in [3.05, 3.63) is 53.6 Å². The topological polar surface area (TPSA) is 9.23 Å². The van der Waals surface area contributed by atoms with Gasteiger partial charge in [-0.05, 0) is 31.6 Å². The summed E-state index contributed by atoms with van der Waals surface area (Å²) < 4.78 is 5.96. The van der Waals surface area contributed by atoms with Gasteiger partial charge in [0.15, 0.2) is 0 Å². The fraction of sp³-hybridized carbons (Fsp3) is 0.286. The maximum Gasteiger partial charge on any atom is 0.130 e. The molecule has 0 saturated heterocycles. The molecule has 15 heavy (non-hydrogen) atoms. The third-order valence-electron chi connectivity index (χ3n) is 3.46. The van der Waals surface area contributed by atoms with E-state index < -0.39 is 0 Å². The minimum Gasteiger partial charge on any atom is -0.485 e. The Labute approximate surface area is 90.1 Å². The maximum absolute atomic E-state index is 5.96. The molecule has 0 radical (unpaired) electrons. The number of benzene rings is 1. The summed E-state index contributed by atoms with van der Waals surface area (Å²) in [5.74, 6) is 1.04. The smallest absolute Gasteiger partial charge is 0.130 e. The molecule has 3 rings (SSSR count). The van der Waals surface area contributed by atoms with Crippen molar-refractivity contribution in [2.45, 2.75) is 25.4 Å². The van der Waals surface area contributed by atoms with E-state index in [9.17, 15) is 0 Å². The first-order chi connectivity index (χ1) is 7.22. The van der Waals surface area contributed by atoms with Crippen molar-refractivity contribution in [2.24, 2.45) is 0 Å². The van der Waals surface area contributed by atoms with Crippen molar-refractivity contribution < 1.29 is 4.74 Å². The van der Waals surface area contributed by atoms with Gasteiger partial charge in [-0.15, -0.1) is 0 Å². The van der Waals surface area contributed by atoms with E-state index >= 15 is 0 Å². The summed E-state index contributed by atoms with van der Waals surface area (Å²) in [5.41, 5.74) is 2.68.